The SMILES string of the molecule is CCN(CC)c1ccc(C2C3=C(CCCC3=O)Nc3ccc4ccccc4c32)cc1. The van der Waals surface area contributed by atoms with E-state index in [0.717, 1.165) is 42.9 Å². The first kappa shape index (κ1) is 18.9. The standard InChI is InChI=1S/C27H28N2O/c1-3-29(4-2)20-15-12-19(13-16-20)25-26-21-9-6-5-8-18(21)14-17-23(26)28-22-10-7-11-24(30)27(22)25/h5-6,8-9,12-17,25,28H,3-4,7,10-11H2,1-2H3. The summed E-state index contributed by atoms with van der Waals surface area (Å²) in [7, 11) is 0. The van der Waals surface area contributed by atoms with Gasteiger partial charge in [-0.2, -0.15) is 0 Å². The number of hydrogen-bond donors (Lipinski definition) is 1. The average Bonchev–Trinajstić information content (AvgIpc) is 2.79. The van der Waals surface area contributed by atoms with Crippen molar-refractivity contribution in [3.8, 4) is 0 Å². The van der Waals surface area contributed by atoms with Gasteiger partial charge in [-0.25, -0.2) is 0 Å². The number of carbonyl (C=O) groups excluding carboxylic acids is 1. The van der Waals surface area contributed by atoms with Crippen molar-refractivity contribution in [1.82, 2.24) is 0 Å². The molecule has 0 fully saturated rings. The van der Waals surface area contributed by atoms with Gasteiger partial charge in [0.05, 0.1) is 0 Å². The Labute approximate surface area is 178 Å². The van der Waals surface area contributed by atoms with Crippen LogP contribution in [-0.4, -0.2) is 18.9 Å². The van der Waals surface area contributed by atoms with Gasteiger partial charge >= 0.3 is 0 Å². The molecule has 0 spiro atoms. The Balaban J connectivity index is 1.71. The number of anilines is 2. The second-order valence-electron chi connectivity index (χ2n) is 8.24. The van der Waals surface area contributed by atoms with Crippen molar-refractivity contribution < 1.29 is 4.79 Å². The highest BCUT2D eigenvalue weighted by Crippen LogP contribution is 2.48. The third-order valence-corrected chi connectivity index (χ3v) is 6.64. The number of carbonyl (C=O) groups is 1. The lowest BCUT2D eigenvalue weighted by Crippen LogP contribution is -2.27. The summed E-state index contributed by atoms with van der Waals surface area (Å²) in [4.78, 5) is 15.5. The van der Waals surface area contributed by atoms with Crippen LogP contribution < -0.4 is 10.2 Å². The van der Waals surface area contributed by atoms with Gasteiger partial charge < -0.3 is 10.2 Å². The van der Waals surface area contributed by atoms with E-state index in [1.807, 2.05) is 0 Å². The molecule has 30 heavy (non-hydrogen) atoms. The summed E-state index contributed by atoms with van der Waals surface area (Å²) in [6, 6.07) is 21.7. The van der Waals surface area contributed by atoms with Gasteiger partial charge in [0, 0.05) is 48.1 Å². The zero-order valence-electron chi connectivity index (χ0n) is 17.7. The van der Waals surface area contributed by atoms with Gasteiger partial charge in [-0.15, -0.1) is 0 Å². The number of ketones is 1. The van der Waals surface area contributed by atoms with Crippen molar-refractivity contribution in [2.24, 2.45) is 0 Å². The van der Waals surface area contributed by atoms with E-state index < -0.39 is 0 Å². The van der Waals surface area contributed by atoms with Crippen LogP contribution in [0.5, 0.6) is 0 Å². The largest absolute Gasteiger partial charge is 0.372 e. The van der Waals surface area contributed by atoms with E-state index in [4.69, 9.17) is 0 Å². The Hall–Kier alpha value is -3.07. The molecular weight excluding hydrogens is 368 g/mol. The third-order valence-electron chi connectivity index (χ3n) is 6.64. The lowest BCUT2D eigenvalue weighted by atomic mass is 9.74. The molecule has 0 bridgehead atoms. The molecule has 1 aliphatic heterocycles. The number of allylic oxidation sites excluding steroid dienone is 2. The fourth-order valence-corrected chi connectivity index (χ4v) is 5.15. The Bertz CT molecular complexity index is 1140. The van der Waals surface area contributed by atoms with Gasteiger partial charge in [0.15, 0.2) is 5.78 Å². The normalized spacial score (nSPS) is 18.1. The van der Waals surface area contributed by atoms with Crippen molar-refractivity contribution in [3.63, 3.8) is 0 Å². The Morgan fingerprint density at radius 3 is 2.47 bits per heavy atom. The molecule has 0 radical (unpaired) electrons. The van der Waals surface area contributed by atoms with Gasteiger partial charge in [0.25, 0.3) is 0 Å². The topological polar surface area (TPSA) is 32.3 Å². The minimum Gasteiger partial charge on any atom is -0.372 e. The third kappa shape index (κ3) is 3.00. The summed E-state index contributed by atoms with van der Waals surface area (Å²) in [6.45, 7) is 6.35. The molecular formula is C27H28N2O. The van der Waals surface area contributed by atoms with E-state index in [-0.39, 0.29) is 5.92 Å². The first-order valence-corrected chi connectivity index (χ1v) is 11.1. The lowest BCUT2D eigenvalue weighted by molar-refractivity contribution is -0.116. The van der Waals surface area contributed by atoms with E-state index in [1.54, 1.807) is 0 Å². The van der Waals surface area contributed by atoms with Crippen LogP contribution in [0.1, 0.15) is 50.2 Å². The second kappa shape index (κ2) is 7.64. The maximum Gasteiger partial charge on any atom is 0.161 e. The molecule has 152 valence electrons. The maximum atomic E-state index is 13.1. The van der Waals surface area contributed by atoms with Crippen LogP contribution in [0.3, 0.4) is 0 Å². The van der Waals surface area contributed by atoms with Gasteiger partial charge in [0.1, 0.15) is 0 Å². The number of Topliss-reactive ketones (excluding diaryl/α,β-unsaturated/α-hetero) is 1. The summed E-state index contributed by atoms with van der Waals surface area (Å²) in [5, 5.41) is 6.06. The highest BCUT2D eigenvalue weighted by molar-refractivity contribution is 6.04. The van der Waals surface area contributed by atoms with E-state index >= 15 is 0 Å². The highest BCUT2D eigenvalue weighted by atomic mass is 16.1. The lowest BCUT2D eigenvalue weighted by Gasteiger charge is -2.35. The summed E-state index contributed by atoms with van der Waals surface area (Å²) in [5.41, 5.74) is 6.90. The van der Waals surface area contributed by atoms with Crippen molar-refractivity contribution in [1.29, 1.82) is 0 Å². The van der Waals surface area contributed by atoms with E-state index in [0.29, 0.717) is 12.2 Å². The summed E-state index contributed by atoms with van der Waals surface area (Å²) in [6.07, 6.45) is 2.53. The van der Waals surface area contributed by atoms with E-state index in [9.17, 15) is 4.79 Å². The second-order valence-corrected chi connectivity index (χ2v) is 8.24. The predicted molar refractivity (Wildman–Crippen MR) is 125 cm³/mol. The zero-order chi connectivity index (χ0) is 20.7. The molecule has 1 unspecified atom stereocenters. The minimum absolute atomic E-state index is 0.0131. The van der Waals surface area contributed by atoms with Crippen LogP contribution in [0.15, 0.2) is 71.9 Å². The van der Waals surface area contributed by atoms with Gasteiger partial charge in [-0.05, 0) is 66.8 Å². The summed E-state index contributed by atoms with van der Waals surface area (Å²) >= 11 is 0. The summed E-state index contributed by atoms with van der Waals surface area (Å²) in [5.74, 6) is 0.279. The zero-order valence-corrected chi connectivity index (χ0v) is 17.7. The molecule has 2 aliphatic rings. The Morgan fingerprint density at radius 2 is 1.70 bits per heavy atom. The number of fused-ring (bicyclic) bond motifs is 3. The van der Waals surface area contributed by atoms with Crippen LogP contribution in [-0.2, 0) is 4.79 Å². The summed E-state index contributed by atoms with van der Waals surface area (Å²) < 4.78 is 0. The van der Waals surface area contributed by atoms with E-state index in [1.165, 1.54) is 27.6 Å². The van der Waals surface area contributed by atoms with Gasteiger partial charge in [-0.1, -0.05) is 42.5 Å². The average molecular weight is 397 g/mol. The minimum atomic E-state index is -0.0131. The Morgan fingerprint density at radius 1 is 0.933 bits per heavy atom. The number of benzene rings is 3. The molecule has 1 atom stereocenters. The quantitative estimate of drug-likeness (QED) is 0.566. The number of rotatable bonds is 4. The molecule has 5 rings (SSSR count). The highest BCUT2D eigenvalue weighted by Gasteiger charge is 2.36. The number of nitrogens with zero attached hydrogens (tertiary/aromatic N) is 1. The van der Waals surface area contributed by atoms with Crippen LogP contribution in [0, 0.1) is 0 Å². The van der Waals surface area contributed by atoms with Crippen LogP contribution in [0.25, 0.3) is 10.8 Å². The molecule has 1 N–H and O–H groups in total. The molecule has 1 aliphatic carbocycles. The smallest absolute Gasteiger partial charge is 0.161 e. The molecule has 0 amide bonds. The number of nitrogens with one attached hydrogen (secondary N) is 1. The molecule has 1 heterocycles. The van der Waals surface area contributed by atoms with Crippen molar-refractivity contribution >= 4 is 27.9 Å². The monoisotopic (exact) mass is 396 g/mol. The van der Waals surface area contributed by atoms with Gasteiger partial charge in [0.2, 0.25) is 0 Å². The fraction of sp³-hybridized carbons (Fsp3) is 0.296. The molecule has 0 saturated heterocycles. The molecule has 3 aromatic rings. The van der Waals surface area contributed by atoms with Crippen LogP contribution in [0.4, 0.5) is 11.4 Å². The molecule has 3 nitrogen and oxygen atoms in total. The first-order chi connectivity index (χ1) is 14.7. The first-order valence-electron chi connectivity index (χ1n) is 11.1. The van der Waals surface area contributed by atoms with Crippen molar-refractivity contribution in [3.05, 3.63) is 83.1 Å². The fourth-order valence-electron chi connectivity index (χ4n) is 5.15. The van der Waals surface area contributed by atoms with Crippen LogP contribution >= 0.6 is 0 Å². The van der Waals surface area contributed by atoms with Crippen molar-refractivity contribution in [2.75, 3.05) is 23.3 Å². The molecule has 3 heteroatoms. The molecule has 0 saturated carbocycles. The maximum absolute atomic E-state index is 13.1. The Kier molecular flexibility index (Phi) is 4.82. The van der Waals surface area contributed by atoms with E-state index in [2.05, 4.69) is 84.7 Å². The molecule has 0 aromatic heterocycles. The van der Waals surface area contributed by atoms with Crippen molar-refractivity contribution in [2.45, 2.75) is 39.0 Å². The van der Waals surface area contributed by atoms with Crippen LogP contribution in [0.2, 0.25) is 0 Å². The number of hydrogen-bond acceptors (Lipinski definition) is 3. The molecule has 3 aromatic carbocycles. The predicted octanol–water partition coefficient (Wildman–Crippen LogP) is 6.25. The van der Waals surface area contributed by atoms with Gasteiger partial charge in [-0.3, -0.25) is 4.79 Å².